The average molecular weight is 293 g/mol. The van der Waals surface area contributed by atoms with Gasteiger partial charge in [-0.05, 0) is 30.0 Å². The van der Waals surface area contributed by atoms with Gasteiger partial charge < -0.3 is 14.8 Å². The summed E-state index contributed by atoms with van der Waals surface area (Å²) in [6, 6.07) is 5.95. The van der Waals surface area contributed by atoms with E-state index in [2.05, 4.69) is 19.2 Å². The van der Waals surface area contributed by atoms with Crippen LogP contribution in [0.15, 0.2) is 18.2 Å². The minimum atomic E-state index is 0.114. The van der Waals surface area contributed by atoms with Gasteiger partial charge in [-0.25, -0.2) is 0 Å². The van der Waals surface area contributed by atoms with E-state index in [-0.39, 0.29) is 11.8 Å². The minimum absolute atomic E-state index is 0.114. The molecule has 0 heterocycles. The van der Waals surface area contributed by atoms with Crippen LogP contribution in [-0.2, 0) is 4.79 Å². The van der Waals surface area contributed by atoms with Crippen LogP contribution in [0, 0.1) is 5.92 Å². The van der Waals surface area contributed by atoms with Crippen molar-refractivity contribution in [3.8, 4) is 11.5 Å². The standard InChI is InChI=1S/C17H27NO3/c1-6-7-17(19)18-11-14(12(2)3)13-8-9-15(20-4)16(10-13)21-5/h8-10,12,14H,6-7,11H2,1-5H3,(H,18,19). The Kier molecular flexibility index (Phi) is 7.06. The molecule has 4 nitrogen and oxygen atoms in total. The highest BCUT2D eigenvalue weighted by atomic mass is 16.5. The van der Waals surface area contributed by atoms with Gasteiger partial charge in [0.05, 0.1) is 14.2 Å². The second-order valence-electron chi connectivity index (χ2n) is 5.52. The van der Waals surface area contributed by atoms with Crippen molar-refractivity contribution in [1.82, 2.24) is 5.32 Å². The third-order valence-corrected chi connectivity index (χ3v) is 3.64. The lowest BCUT2D eigenvalue weighted by Gasteiger charge is -2.23. The predicted molar refractivity (Wildman–Crippen MR) is 85.0 cm³/mol. The molecule has 0 aliphatic rings. The van der Waals surface area contributed by atoms with E-state index in [1.54, 1.807) is 14.2 Å². The van der Waals surface area contributed by atoms with Crippen molar-refractivity contribution < 1.29 is 14.3 Å². The van der Waals surface area contributed by atoms with Crippen LogP contribution in [0.25, 0.3) is 0 Å². The predicted octanol–water partition coefficient (Wildman–Crippen LogP) is 3.36. The van der Waals surface area contributed by atoms with E-state index in [0.29, 0.717) is 18.9 Å². The molecule has 0 aliphatic carbocycles. The van der Waals surface area contributed by atoms with E-state index in [0.717, 1.165) is 23.5 Å². The van der Waals surface area contributed by atoms with E-state index >= 15 is 0 Å². The van der Waals surface area contributed by atoms with Gasteiger partial charge in [0.1, 0.15) is 0 Å². The first-order valence-corrected chi connectivity index (χ1v) is 7.52. The highest BCUT2D eigenvalue weighted by molar-refractivity contribution is 5.75. The first-order valence-electron chi connectivity index (χ1n) is 7.52. The Bertz CT molecular complexity index is 457. The van der Waals surface area contributed by atoms with Crippen molar-refractivity contribution in [3.05, 3.63) is 23.8 Å². The highest BCUT2D eigenvalue weighted by Crippen LogP contribution is 2.33. The zero-order chi connectivity index (χ0) is 15.8. The van der Waals surface area contributed by atoms with Crippen molar-refractivity contribution in [2.24, 2.45) is 5.92 Å². The molecule has 0 aliphatic heterocycles. The van der Waals surface area contributed by atoms with Crippen LogP contribution >= 0.6 is 0 Å². The number of hydrogen-bond donors (Lipinski definition) is 1. The zero-order valence-electron chi connectivity index (χ0n) is 13.7. The summed E-state index contributed by atoms with van der Waals surface area (Å²) in [5.74, 6) is 2.23. The quantitative estimate of drug-likeness (QED) is 0.799. The number of methoxy groups -OCH3 is 2. The van der Waals surface area contributed by atoms with Crippen LogP contribution in [0.4, 0.5) is 0 Å². The Morgan fingerprint density at radius 3 is 2.38 bits per heavy atom. The SMILES string of the molecule is CCCC(=O)NCC(c1ccc(OC)c(OC)c1)C(C)C. The monoisotopic (exact) mass is 293 g/mol. The topological polar surface area (TPSA) is 47.6 Å². The molecular weight excluding hydrogens is 266 g/mol. The summed E-state index contributed by atoms with van der Waals surface area (Å²) in [6.07, 6.45) is 1.45. The Hall–Kier alpha value is -1.71. The molecule has 0 spiro atoms. The molecule has 1 aromatic carbocycles. The van der Waals surface area contributed by atoms with Gasteiger partial charge in [0.15, 0.2) is 11.5 Å². The van der Waals surface area contributed by atoms with Crippen LogP contribution in [0.1, 0.15) is 45.1 Å². The summed E-state index contributed by atoms with van der Waals surface area (Å²) in [5.41, 5.74) is 1.15. The smallest absolute Gasteiger partial charge is 0.220 e. The molecule has 0 saturated heterocycles. The van der Waals surface area contributed by atoms with Crippen molar-refractivity contribution >= 4 is 5.91 Å². The number of carbonyl (C=O) groups excluding carboxylic acids is 1. The number of hydrogen-bond acceptors (Lipinski definition) is 3. The van der Waals surface area contributed by atoms with Gasteiger partial charge in [-0.1, -0.05) is 26.8 Å². The molecule has 1 aromatic rings. The molecule has 4 heteroatoms. The van der Waals surface area contributed by atoms with Gasteiger partial charge in [-0.15, -0.1) is 0 Å². The number of amides is 1. The number of ether oxygens (including phenoxy) is 2. The van der Waals surface area contributed by atoms with Crippen molar-refractivity contribution in [1.29, 1.82) is 0 Å². The molecule has 0 saturated carbocycles. The molecule has 0 fully saturated rings. The van der Waals surface area contributed by atoms with E-state index < -0.39 is 0 Å². The van der Waals surface area contributed by atoms with Crippen LogP contribution < -0.4 is 14.8 Å². The van der Waals surface area contributed by atoms with Gasteiger partial charge in [-0.2, -0.15) is 0 Å². The number of nitrogens with one attached hydrogen (secondary N) is 1. The Balaban J connectivity index is 2.87. The van der Waals surface area contributed by atoms with E-state index in [1.807, 2.05) is 25.1 Å². The molecular formula is C17H27NO3. The molecule has 0 bridgehead atoms. The first kappa shape index (κ1) is 17.3. The number of rotatable bonds is 8. The fraction of sp³-hybridized carbons (Fsp3) is 0.588. The van der Waals surface area contributed by atoms with Gasteiger partial charge >= 0.3 is 0 Å². The average Bonchev–Trinajstić information content (AvgIpc) is 2.47. The normalized spacial score (nSPS) is 12.1. The largest absolute Gasteiger partial charge is 0.493 e. The summed E-state index contributed by atoms with van der Waals surface area (Å²) >= 11 is 0. The van der Waals surface area contributed by atoms with E-state index in [9.17, 15) is 4.79 Å². The molecule has 0 radical (unpaired) electrons. The minimum Gasteiger partial charge on any atom is -0.493 e. The second kappa shape index (κ2) is 8.55. The Morgan fingerprint density at radius 1 is 1.19 bits per heavy atom. The maximum Gasteiger partial charge on any atom is 0.220 e. The summed E-state index contributed by atoms with van der Waals surface area (Å²) in [4.78, 5) is 11.7. The fourth-order valence-corrected chi connectivity index (χ4v) is 2.36. The molecule has 1 atom stereocenters. The van der Waals surface area contributed by atoms with Crippen molar-refractivity contribution in [3.63, 3.8) is 0 Å². The summed E-state index contributed by atoms with van der Waals surface area (Å²) in [5, 5.41) is 3.02. The van der Waals surface area contributed by atoms with Crippen LogP contribution in [0.3, 0.4) is 0 Å². The molecule has 1 unspecified atom stereocenters. The Labute approximate surface area is 127 Å². The van der Waals surface area contributed by atoms with Gasteiger partial charge in [-0.3, -0.25) is 4.79 Å². The van der Waals surface area contributed by atoms with E-state index in [4.69, 9.17) is 9.47 Å². The molecule has 118 valence electrons. The zero-order valence-corrected chi connectivity index (χ0v) is 13.7. The van der Waals surface area contributed by atoms with Crippen LogP contribution in [0.2, 0.25) is 0 Å². The summed E-state index contributed by atoms with van der Waals surface area (Å²) in [7, 11) is 3.26. The van der Waals surface area contributed by atoms with Crippen molar-refractivity contribution in [2.45, 2.75) is 39.5 Å². The molecule has 1 amide bonds. The molecule has 1 rings (SSSR count). The molecule has 0 aromatic heterocycles. The Morgan fingerprint density at radius 2 is 1.86 bits per heavy atom. The molecule has 1 N–H and O–H groups in total. The van der Waals surface area contributed by atoms with Crippen LogP contribution in [-0.4, -0.2) is 26.7 Å². The summed E-state index contributed by atoms with van der Waals surface area (Å²) in [6.45, 7) is 6.97. The maximum absolute atomic E-state index is 11.7. The van der Waals surface area contributed by atoms with Crippen molar-refractivity contribution in [2.75, 3.05) is 20.8 Å². The van der Waals surface area contributed by atoms with Gasteiger partial charge in [0.2, 0.25) is 5.91 Å². The van der Waals surface area contributed by atoms with Crippen LogP contribution in [0.5, 0.6) is 11.5 Å². The second-order valence-corrected chi connectivity index (χ2v) is 5.52. The highest BCUT2D eigenvalue weighted by Gasteiger charge is 2.18. The first-order chi connectivity index (χ1) is 10.0. The number of carbonyl (C=O) groups is 1. The maximum atomic E-state index is 11.7. The lowest BCUT2D eigenvalue weighted by molar-refractivity contribution is -0.121. The lowest BCUT2D eigenvalue weighted by atomic mass is 9.88. The van der Waals surface area contributed by atoms with E-state index in [1.165, 1.54) is 0 Å². The van der Waals surface area contributed by atoms with Gasteiger partial charge in [0.25, 0.3) is 0 Å². The third kappa shape index (κ3) is 4.96. The third-order valence-electron chi connectivity index (χ3n) is 3.64. The number of benzene rings is 1. The lowest BCUT2D eigenvalue weighted by Crippen LogP contribution is -2.30. The summed E-state index contributed by atoms with van der Waals surface area (Å²) < 4.78 is 10.6. The fourth-order valence-electron chi connectivity index (χ4n) is 2.36. The van der Waals surface area contributed by atoms with Gasteiger partial charge in [0, 0.05) is 18.9 Å². The molecule has 21 heavy (non-hydrogen) atoms.